The van der Waals surface area contributed by atoms with Crippen molar-refractivity contribution in [3.8, 4) is 0 Å². The van der Waals surface area contributed by atoms with Crippen LogP contribution in [0.1, 0.15) is 23.2 Å². The first-order valence-corrected chi connectivity index (χ1v) is 6.56. The van der Waals surface area contributed by atoms with E-state index in [0.29, 0.717) is 50.5 Å². The summed E-state index contributed by atoms with van der Waals surface area (Å²) in [5.41, 5.74) is 3.91. The number of amides is 1. The van der Waals surface area contributed by atoms with E-state index >= 15 is 0 Å². The minimum atomic E-state index is -1.30. The number of likely N-dealkylation sites (tertiary alicyclic amines) is 1. The molecule has 1 saturated heterocycles. The number of carbonyl (C=O) groups is 1. The van der Waals surface area contributed by atoms with Crippen molar-refractivity contribution in [2.24, 2.45) is 11.7 Å². The van der Waals surface area contributed by atoms with Crippen LogP contribution in [0.3, 0.4) is 0 Å². The van der Waals surface area contributed by atoms with E-state index in [1.807, 2.05) is 0 Å². The van der Waals surface area contributed by atoms with Crippen molar-refractivity contribution in [2.45, 2.75) is 12.8 Å². The van der Waals surface area contributed by atoms with E-state index in [4.69, 9.17) is 5.73 Å². The Hall–Kier alpha value is -2.09. The molecule has 1 aliphatic rings. The first-order valence-electron chi connectivity index (χ1n) is 6.56. The molecule has 21 heavy (non-hydrogen) atoms. The minimum absolute atomic E-state index is 0.306. The van der Waals surface area contributed by atoms with Gasteiger partial charge in [-0.2, -0.15) is 4.39 Å². The highest BCUT2D eigenvalue weighted by Crippen LogP contribution is 2.25. The summed E-state index contributed by atoms with van der Waals surface area (Å²) in [6, 6.07) is 1.16. The van der Waals surface area contributed by atoms with Gasteiger partial charge in [0, 0.05) is 13.1 Å². The van der Waals surface area contributed by atoms with Gasteiger partial charge in [-0.15, -0.1) is 0 Å². The summed E-state index contributed by atoms with van der Waals surface area (Å²) in [7, 11) is 0. The Bertz CT molecular complexity index is 572. The summed E-state index contributed by atoms with van der Waals surface area (Å²) in [6.45, 7) is 1.27. The number of nitrogens with zero attached hydrogens (tertiary/aromatic N) is 2. The summed E-state index contributed by atoms with van der Waals surface area (Å²) in [5.74, 6) is -2.73. The Labute approximate surface area is 119 Å². The molecule has 1 amide bonds. The zero-order valence-electron chi connectivity index (χ0n) is 11.2. The van der Waals surface area contributed by atoms with E-state index in [0.717, 1.165) is 0 Å². The number of carbonyl (C=O) groups excluding carboxylic acids is 1. The minimum Gasteiger partial charge on any atom is -0.339 e. The number of nitrogens with two attached hydrogens (primary N) is 1. The van der Waals surface area contributed by atoms with Crippen LogP contribution in [0.2, 0.25) is 0 Å². The molecule has 0 spiro atoms. The predicted octanol–water partition coefficient (Wildman–Crippen LogP) is 1.68. The number of nitro benzene ring substituents is 1. The first-order chi connectivity index (χ1) is 9.93. The highest BCUT2D eigenvalue weighted by molar-refractivity contribution is 5.95. The van der Waals surface area contributed by atoms with Gasteiger partial charge in [0.05, 0.1) is 16.6 Å². The average Bonchev–Trinajstić information content (AvgIpc) is 2.48. The first kappa shape index (κ1) is 15.3. The molecule has 0 saturated carbocycles. The standard InChI is InChI=1S/C13H15F2N3O3/c14-9-5-10(12(15)11(6-9)18(20)21)13(19)17-3-1-8(7-16)2-4-17/h5-6,8H,1-4,7,16H2. The molecule has 1 aromatic carbocycles. The Kier molecular flexibility index (Phi) is 4.46. The van der Waals surface area contributed by atoms with Crippen LogP contribution < -0.4 is 5.73 Å². The molecule has 6 nitrogen and oxygen atoms in total. The van der Waals surface area contributed by atoms with Crippen molar-refractivity contribution in [3.05, 3.63) is 39.4 Å². The number of hydrogen-bond acceptors (Lipinski definition) is 4. The summed E-state index contributed by atoms with van der Waals surface area (Å²) < 4.78 is 27.3. The van der Waals surface area contributed by atoms with Crippen molar-refractivity contribution >= 4 is 11.6 Å². The molecule has 2 rings (SSSR count). The Morgan fingerprint density at radius 2 is 2.00 bits per heavy atom. The van der Waals surface area contributed by atoms with E-state index < -0.39 is 33.7 Å². The topological polar surface area (TPSA) is 89.5 Å². The van der Waals surface area contributed by atoms with Gasteiger partial charge in [-0.05, 0) is 31.4 Å². The molecule has 2 N–H and O–H groups in total. The van der Waals surface area contributed by atoms with Crippen LogP contribution in [-0.4, -0.2) is 35.4 Å². The Balaban J connectivity index is 2.26. The van der Waals surface area contributed by atoms with Crippen LogP contribution in [0, 0.1) is 27.7 Å². The van der Waals surface area contributed by atoms with Crippen molar-refractivity contribution in [3.63, 3.8) is 0 Å². The molecular formula is C13H15F2N3O3. The lowest BCUT2D eigenvalue weighted by Crippen LogP contribution is -2.40. The highest BCUT2D eigenvalue weighted by atomic mass is 19.1. The Morgan fingerprint density at radius 1 is 1.38 bits per heavy atom. The van der Waals surface area contributed by atoms with E-state index in [1.165, 1.54) is 4.90 Å². The molecule has 0 atom stereocenters. The lowest BCUT2D eigenvalue weighted by molar-refractivity contribution is -0.387. The Morgan fingerprint density at radius 3 is 2.52 bits per heavy atom. The van der Waals surface area contributed by atoms with Crippen molar-refractivity contribution in [1.29, 1.82) is 0 Å². The third-order valence-corrected chi connectivity index (χ3v) is 3.68. The van der Waals surface area contributed by atoms with Gasteiger partial charge in [0.2, 0.25) is 5.82 Å². The monoisotopic (exact) mass is 299 g/mol. The van der Waals surface area contributed by atoms with Gasteiger partial charge in [0.1, 0.15) is 5.82 Å². The fourth-order valence-electron chi connectivity index (χ4n) is 2.41. The maximum atomic E-state index is 14.0. The van der Waals surface area contributed by atoms with Gasteiger partial charge in [-0.3, -0.25) is 14.9 Å². The molecule has 114 valence electrons. The number of rotatable bonds is 3. The summed E-state index contributed by atoms with van der Waals surface area (Å²) >= 11 is 0. The average molecular weight is 299 g/mol. The fourth-order valence-corrected chi connectivity index (χ4v) is 2.41. The van der Waals surface area contributed by atoms with Gasteiger partial charge in [0.25, 0.3) is 5.91 Å². The lowest BCUT2D eigenvalue weighted by Gasteiger charge is -2.31. The maximum Gasteiger partial charge on any atom is 0.308 e. The van der Waals surface area contributed by atoms with Crippen LogP contribution in [0.5, 0.6) is 0 Å². The number of nitro groups is 1. The van der Waals surface area contributed by atoms with Gasteiger partial charge in [0.15, 0.2) is 0 Å². The van der Waals surface area contributed by atoms with Crippen LogP contribution in [-0.2, 0) is 0 Å². The van der Waals surface area contributed by atoms with E-state index in [9.17, 15) is 23.7 Å². The molecule has 8 heteroatoms. The molecular weight excluding hydrogens is 284 g/mol. The lowest BCUT2D eigenvalue weighted by atomic mass is 9.96. The van der Waals surface area contributed by atoms with E-state index in [1.54, 1.807) is 0 Å². The summed E-state index contributed by atoms with van der Waals surface area (Å²) in [5, 5.41) is 10.7. The molecule has 0 bridgehead atoms. The van der Waals surface area contributed by atoms with Crippen LogP contribution >= 0.6 is 0 Å². The third kappa shape index (κ3) is 3.15. The number of piperidine rings is 1. The number of benzene rings is 1. The molecule has 0 radical (unpaired) electrons. The van der Waals surface area contributed by atoms with Crippen LogP contribution in [0.15, 0.2) is 12.1 Å². The normalized spacial score (nSPS) is 16.0. The fraction of sp³-hybridized carbons (Fsp3) is 0.462. The molecule has 1 aliphatic heterocycles. The van der Waals surface area contributed by atoms with Crippen molar-refractivity contribution < 1.29 is 18.5 Å². The molecule has 0 aliphatic carbocycles. The van der Waals surface area contributed by atoms with Gasteiger partial charge in [-0.1, -0.05) is 0 Å². The summed E-state index contributed by atoms with van der Waals surface area (Å²) in [4.78, 5) is 23.2. The zero-order valence-corrected chi connectivity index (χ0v) is 11.2. The van der Waals surface area contributed by atoms with E-state index in [-0.39, 0.29) is 0 Å². The zero-order chi connectivity index (χ0) is 15.6. The van der Waals surface area contributed by atoms with Gasteiger partial charge < -0.3 is 10.6 Å². The van der Waals surface area contributed by atoms with E-state index in [2.05, 4.69) is 0 Å². The highest BCUT2D eigenvalue weighted by Gasteiger charge is 2.29. The number of halogens is 2. The second-order valence-electron chi connectivity index (χ2n) is 5.01. The SMILES string of the molecule is NCC1CCN(C(=O)c2cc(F)cc([N+](=O)[O-])c2F)CC1. The molecule has 0 unspecified atom stereocenters. The quantitative estimate of drug-likeness (QED) is 0.679. The van der Waals surface area contributed by atoms with Crippen molar-refractivity contribution in [2.75, 3.05) is 19.6 Å². The molecule has 0 aromatic heterocycles. The van der Waals surface area contributed by atoms with Gasteiger partial charge >= 0.3 is 5.69 Å². The molecule has 1 heterocycles. The molecule has 1 fully saturated rings. The smallest absolute Gasteiger partial charge is 0.308 e. The van der Waals surface area contributed by atoms with Crippen molar-refractivity contribution in [1.82, 2.24) is 4.90 Å². The van der Waals surface area contributed by atoms with Gasteiger partial charge in [-0.25, -0.2) is 4.39 Å². The predicted molar refractivity (Wildman–Crippen MR) is 70.7 cm³/mol. The number of hydrogen-bond donors (Lipinski definition) is 1. The second kappa shape index (κ2) is 6.13. The maximum absolute atomic E-state index is 14.0. The largest absolute Gasteiger partial charge is 0.339 e. The van der Waals surface area contributed by atoms with Crippen LogP contribution in [0.4, 0.5) is 14.5 Å². The third-order valence-electron chi connectivity index (χ3n) is 3.68. The second-order valence-corrected chi connectivity index (χ2v) is 5.01. The van der Waals surface area contributed by atoms with Crippen LogP contribution in [0.25, 0.3) is 0 Å². The molecule has 1 aromatic rings. The summed E-state index contributed by atoms with van der Waals surface area (Å²) in [6.07, 6.45) is 1.36.